The van der Waals surface area contributed by atoms with Crippen molar-refractivity contribution >= 4 is 5.91 Å². The second-order valence-corrected chi connectivity index (χ2v) is 6.64. The van der Waals surface area contributed by atoms with E-state index in [9.17, 15) is 9.18 Å². The van der Waals surface area contributed by atoms with Gasteiger partial charge in [-0.1, -0.05) is 25.1 Å². The van der Waals surface area contributed by atoms with E-state index < -0.39 is 0 Å². The van der Waals surface area contributed by atoms with Crippen LogP contribution in [0.2, 0.25) is 0 Å². The van der Waals surface area contributed by atoms with Crippen LogP contribution in [0.5, 0.6) is 0 Å². The fourth-order valence-electron chi connectivity index (χ4n) is 3.80. The van der Waals surface area contributed by atoms with Gasteiger partial charge in [-0.15, -0.1) is 0 Å². The van der Waals surface area contributed by atoms with Gasteiger partial charge in [0.2, 0.25) is 5.91 Å². The number of halogens is 1. The summed E-state index contributed by atoms with van der Waals surface area (Å²) in [6.45, 7) is 2.85. The number of nitrogens with zero attached hydrogens (tertiary/aromatic N) is 1. The Labute approximate surface area is 125 Å². The molecular formula is C17H23FN2O. The quantitative estimate of drug-likeness (QED) is 0.910. The van der Waals surface area contributed by atoms with Crippen LogP contribution >= 0.6 is 0 Å². The lowest BCUT2D eigenvalue weighted by Gasteiger charge is -2.28. The maximum absolute atomic E-state index is 14.1. The Hall–Kier alpha value is -1.42. The molecule has 1 saturated heterocycles. The molecule has 1 heterocycles. The van der Waals surface area contributed by atoms with Gasteiger partial charge in [-0.05, 0) is 37.7 Å². The molecule has 3 rings (SSSR count). The predicted molar refractivity (Wildman–Crippen MR) is 80.0 cm³/mol. The molecule has 1 amide bonds. The molecule has 114 valence electrons. The van der Waals surface area contributed by atoms with E-state index in [2.05, 4.69) is 6.92 Å². The highest BCUT2D eigenvalue weighted by molar-refractivity contribution is 5.80. The summed E-state index contributed by atoms with van der Waals surface area (Å²) < 4.78 is 14.1. The van der Waals surface area contributed by atoms with Crippen molar-refractivity contribution in [3.05, 3.63) is 35.6 Å². The molecule has 4 heteroatoms. The SMILES string of the molecule is C[C@@H]1C[C@H](c2ccccc2F)N(C(=O)[C@H]2CC[C@H](N)C2)C1. The lowest BCUT2D eigenvalue weighted by Crippen LogP contribution is -2.36. The van der Waals surface area contributed by atoms with Crippen LogP contribution in [0.4, 0.5) is 4.39 Å². The minimum absolute atomic E-state index is 0.0274. The largest absolute Gasteiger partial charge is 0.335 e. The molecule has 1 aliphatic heterocycles. The molecule has 3 nitrogen and oxygen atoms in total. The Morgan fingerprint density at radius 1 is 1.29 bits per heavy atom. The number of likely N-dealkylation sites (tertiary alicyclic amines) is 1. The summed E-state index contributed by atoms with van der Waals surface area (Å²) in [7, 11) is 0. The highest BCUT2D eigenvalue weighted by Crippen LogP contribution is 2.39. The fraction of sp³-hybridized carbons (Fsp3) is 0.588. The number of rotatable bonds is 2. The Kier molecular flexibility index (Phi) is 3.98. The molecular weight excluding hydrogens is 267 g/mol. The van der Waals surface area contributed by atoms with E-state index in [0.29, 0.717) is 11.5 Å². The zero-order chi connectivity index (χ0) is 15.0. The van der Waals surface area contributed by atoms with Gasteiger partial charge < -0.3 is 10.6 Å². The van der Waals surface area contributed by atoms with E-state index >= 15 is 0 Å². The molecule has 2 N–H and O–H groups in total. The lowest BCUT2D eigenvalue weighted by molar-refractivity contribution is -0.136. The zero-order valence-corrected chi connectivity index (χ0v) is 12.5. The molecule has 0 radical (unpaired) electrons. The summed E-state index contributed by atoms with van der Waals surface area (Å²) in [6.07, 6.45) is 3.40. The Morgan fingerprint density at radius 3 is 2.71 bits per heavy atom. The van der Waals surface area contributed by atoms with E-state index in [-0.39, 0.29) is 29.7 Å². The van der Waals surface area contributed by atoms with Gasteiger partial charge in [0.1, 0.15) is 5.82 Å². The van der Waals surface area contributed by atoms with Crippen molar-refractivity contribution in [3.8, 4) is 0 Å². The van der Waals surface area contributed by atoms with Crippen molar-refractivity contribution in [1.29, 1.82) is 0 Å². The molecule has 1 saturated carbocycles. The smallest absolute Gasteiger partial charge is 0.226 e. The molecule has 0 aromatic heterocycles. The van der Waals surface area contributed by atoms with Crippen LogP contribution in [0.1, 0.15) is 44.2 Å². The molecule has 4 atom stereocenters. The minimum atomic E-state index is -0.211. The van der Waals surface area contributed by atoms with E-state index in [1.807, 2.05) is 11.0 Å². The van der Waals surface area contributed by atoms with E-state index in [1.165, 1.54) is 6.07 Å². The van der Waals surface area contributed by atoms with Crippen LogP contribution in [0.25, 0.3) is 0 Å². The Morgan fingerprint density at radius 2 is 2.05 bits per heavy atom. The van der Waals surface area contributed by atoms with Crippen molar-refractivity contribution in [3.63, 3.8) is 0 Å². The fourth-order valence-corrected chi connectivity index (χ4v) is 3.80. The summed E-state index contributed by atoms with van der Waals surface area (Å²) in [5.41, 5.74) is 6.58. The van der Waals surface area contributed by atoms with Crippen molar-refractivity contribution in [2.45, 2.75) is 44.7 Å². The molecule has 1 aliphatic carbocycles. The average molecular weight is 290 g/mol. The van der Waals surface area contributed by atoms with Gasteiger partial charge in [0.05, 0.1) is 6.04 Å². The summed E-state index contributed by atoms with van der Waals surface area (Å²) in [6, 6.07) is 6.84. The number of amides is 1. The normalized spacial score (nSPS) is 32.6. The number of hydrogen-bond acceptors (Lipinski definition) is 2. The molecule has 0 bridgehead atoms. The molecule has 2 aliphatic rings. The van der Waals surface area contributed by atoms with Crippen LogP contribution in [-0.4, -0.2) is 23.4 Å². The summed E-state index contributed by atoms with van der Waals surface area (Å²) in [5.74, 6) is 0.395. The van der Waals surface area contributed by atoms with E-state index in [4.69, 9.17) is 5.73 Å². The third kappa shape index (κ3) is 2.82. The zero-order valence-electron chi connectivity index (χ0n) is 12.5. The van der Waals surface area contributed by atoms with Crippen LogP contribution in [0.3, 0.4) is 0 Å². The van der Waals surface area contributed by atoms with Gasteiger partial charge in [-0.3, -0.25) is 4.79 Å². The highest BCUT2D eigenvalue weighted by atomic mass is 19.1. The van der Waals surface area contributed by atoms with E-state index in [1.54, 1.807) is 12.1 Å². The Bertz CT molecular complexity index is 533. The maximum atomic E-state index is 14.1. The van der Waals surface area contributed by atoms with Gasteiger partial charge in [-0.25, -0.2) is 4.39 Å². The van der Waals surface area contributed by atoms with Crippen LogP contribution in [0, 0.1) is 17.7 Å². The summed E-state index contributed by atoms with van der Waals surface area (Å²) >= 11 is 0. The monoisotopic (exact) mass is 290 g/mol. The summed E-state index contributed by atoms with van der Waals surface area (Å²) in [4.78, 5) is 14.7. The van der Waals surface area contributed by atoms with Crippen molar-refractivity contribution in [2.24, 2.45) is 17.6 Å². The van der Waals surface area contributed by atoms with E-state index in [0.717, 1.165) is 32.2 Å². The first-order valence-electron chi connectivity index (χ1n) is 7.86. The molecule has 0 spiro atoms. The van der Waals surface area contributed by atoms with Crippen molar-refractivity contribution in [1.82, 2.24) is 4.90 Å². The van der Waals surface area contributed by atoms with Crippen molar-refractivity contribution in [2.75, 3.05) is 6.54 Å². The molecule has 0 unspecified atom stereocenters. The second kappa shape index (κ2) is 5.76. The topological polar surface area (TPSA) is 46.3 Å². The van der Waals surface area contributed by atoms with Gasteiger partial charge in [0.25, 0.3) is 0 Å². The standard InChI is InChI=1S/C17H23FN2O/c1-11-8-16(14-4-2-3-5-15(14)18)20(10-11)17(21)12-6-7-13(19)9-12/h2-5,11-13,16H,6-10,19H2,1H3/t11-,12+,13+,16-/m1/s1. The average Bonchev–Trinajstić information content (AvgIpc) is 3.05. The maximum Gasteiger partial charge on any atom is 0.226 e. The number of carbonyl (C=O) groups excluding carboxylic acids is 1. The minimum Gasteiger partial charge on any atom is -0.335 e. The van der Waals surface area contributed by atoms with Gasteiger partial charge in [0, 0.05) is 24.1 Å². The van der Waals surface area contributed by atoms with Crippen LogP contribution < -0.4 is 5.73 Å². The molecule has 1 aromatic carbocycles. The number of benzene rings is 1. The summed E-state index contributed by atoms with van der Waals surface area (Å²) in [5, 5.41) is 0. The second-order valence-electron chi connectivity index (χ2n) is 6.64. The first-order valence-corrected chi connectivity index (χ1v) is 7.86. The number of nitrogens with two attached hydrogens (primary N) is 1. The van der Waals surface area contributed by atoms with Crippen molar-refractivity contribution < 1.29 is 9.18 Å². The van der Waals surface area contributed by atoms with Gasteiger partial charge >= 0.3 is 0 Å². The van der Waals surface area contributed by atoms with Crippen LogP contribution in [0.15, 0.2) is 24.3 Å². The first kappa shape index (κ1) is 14.5. The van der Waals surface area contributed by atoms with Gasteiger partial charge in [-0.2, -0.15) is 0 Å². The predicted octanol–water partition coefficient (Wildman–Crippen LogP) is 2.86. The van der Waals surface area contributed by atoms with Gasteiger partial charge in [0.15, 0.2) is 0 Å². The first-order chi connectivity index (χ1) is 10.1. The molecule has 2 fully saturated rings. The highest BCUT2D eigenvalue weighted by Gasteiger charge is 2.39. The molecule has 21 heavy (non-hydrogen) atoms. The third-order valence-electron chi connectivity index (χ3n) is 4.88. The lowest BCUT2D eigenvalue weighted by atomic mass is 9.99. The Balaban J connectivity index is 1.83. The number of carbonyl (C=O) groups is 1. The number of hydrogen-bond donors (Lipinski definition) is 1. The third-order valence-corrected chi connectivity index (χ3v) is 4.88. The van der Waals surface area contributed by atoms with Crippen LogP contribution in [-0.2, 0) is 4.79 Å². The molecule has 1 aromatic rings.